The second-order valence-corrected chi connectivity index (χ2v) is 5.32. The van der Waals surface area contributed by atoms with E-state index in [1.165, 1.54) is 0 Å². The molecule has 8 heteroatoms. The molecule has 0 aliphatic carbocycles. The van der Waals surface area contributed by atoms with Crippen molar-refractivity contribution < 1.29 is 14.1 Å². The van der Waals surface area contributed by atoms with Crippen molar-refractivity contribution in [1.82, 2.24) is 10.6 Å². The smallest absolute Gasteiger partial charge is 0.273 e. The van der Waals surface area contributed by atoms with Gasteiger partial charge in [-0.25, -0.2) is 4.39 Å². The van der Waals surface area contributed by atoms with Gasteiger partial charge in [-0.15, -0.1) is 12.4 Å². The normalized spacial score (nSPS) is 18.9. The summed E-state index contributed by atoms with van der Waals surface area (Å²) in [6.45, 7) is 3.70. The Hall–Kier alpha value is -1.73. The molecular weight excluding hydrogens is 313 g/mol. The number of hydrogen-bond acceptors (Lipinski definition) is 4. The fourth-order valence-electron chi connectivity index (χ4n) is 2.52. The fourth-order valence-corrected chi connectivity index (χ4v) is 2.52. The summed E-state index contributed by atoms with van der Waals surface area (Å²) in [5.41, 5.74) is -0.454. The van der Waals surface area contributed by atoms with Gasteiger partial charge in [-0.1, -0.05) is 0 Å². The SMILES string of the molecule is CC(NC(=O)c1cc(F)cc([N+](=O)[O-])c1)C1CCCNC1.Cl. The number of non-ortho nitro benzene ring substituents is 1. The van der Waals surface area contributed by atoms with Crippen LogP contribution in [0.25, 0.3) is 0 Å². The van der Waals surface area contributed by atoms with Crippen molar-refractivity contribution in [3.8, 4) is 0 Å². The maximum atomic E-state index is 13.3. The van der Waals surface area contributed by atoms with Gasteiger partial charge in [0.2, 0.25) is 0 Å². The number of rotatable bonds is 4. The molecule has 2 atom stereocenters. The Balaban J connectivity index is 0.00000242. The number of amides is 1. The standard InChI is InChI=1S/C14H18FN3O3.ClH/c1-9(10-3-2-4-16-8-10)17-14(19)11-5-12(15)7-13(6-11)18(20)21;/h5-7,9-10,16H,2-4,8H2,1H3,(H,17,19);1H. The molecule has 6 nitrogen and oxygen atoms in total. The Bertz CT molecular complexity index is 550. The summed E-state index contributed by atoms with van der Waals surface area (Å²) in [6, 6.07) is 2.82. The predicted molar refractivity (Wildman–Crippen MR) is 82.8 cm³/mol. The molecule has 2 rings (SSSR count). The lowest BCUT2D eigenvalue weighted by Gasteiger charge is -2.28. The van der Waals surface area contributed by atoms with Crippen molar-refractivity contribution in [1.29, 1.82) is 0 Å². The minimum absolute atomic E-state index is 0. The molecule has 1 saturated heterocycles. The molecule has 0 spiro atoms. The number of nitro benzene ring substituents is 1. The molecule has 2 N–H and O–H groups in total. The molecule has 0 aromatic heterocycles. The Labute approximate surface area is 134 Å². The number of piperidine rings is 1. The summed E-state index contributed by atoms with van der Waals surface area (Å²) < 4.78 is 13.3. The van der Waals surface area contributed by atoms with Gasteiger partial charge in [0.25, 0.3) is 11.6 Å². The van der Waals surface area contributed by atoms with Crippen LogP contribution < -0.4 is 10.6 Å². The second-order valence-electron chi connectivity index (χ2n) is 5.32. The third kappa shape index (κ3) is 4.64. The number of hydrogen-bond donors (Lipinski definition) is 2. The molecule has 1 heterocycles. The first kappa shape index (κ1) is 18.3. The molecule has 122 valence electrons. The van der Waals surface area contributed by atoms with Crippen LogP contribution in [0.15, 0.2) is 18.2 Å². The van der Waals surface area contributed by atoms with Crippen molar-refractivity contribution in [2.24, 2.45) is 5.92 Å². The maximum absolute atomic E-state index is 13.3. The van der Waals surface area contributed by atoms with Crippen LogP contribution in [0.4, 0.5) is 10.1 Å². The zero-order valence-electron chi connectivity index (χ0n) is 12.2. The van der Waals surface area contributed by atoms with Gasteiger partial charge in [0.15, 0.2) is 0 Å². The minimum atomic E-state index is -0.790. The van der Waals surface area contributed by atoms with E-state index in [4.69, 9.17) is 0 Å². The maximum Gasteiger partial charge on any atom is 0.273 e. The van der Waals surface area contributed by atoms with E-state index < -0.39 is 22.3 Å². The third-order valence-electron chi connectivity index (χ3n) is 3.76. The Morgan fingerprint density at radius 1 is 1.50 bits per heavy atom. The van der Waals surface area contributed by atoms with Gasteiger partial charge >= 0.3 is 0 Å². The summed E-state index contributed by atoms with van der Waals surface area (Å²) in [6.07, 6.45) is 2.06. The Morgan fingerprint density at radius 3 is 2.82 bits per heavy atom. The molecule has 0 saturated carbocycles. The average molecular weight is 332 g/mol. The number of nitrogens with zero attached hydrogens (tertiary/aromatic N) is 1. The topological polar surface area (TPSA) is 84.3 Å². The van der Waals surface area contributed by atoms with E-state index in [2.05, 4.69) is 10.6 Å². The molecule has 2 unspecified atom stereocenters. The van der Waals surface area contributed by atoms with Crippen LogP contribution in [0.3, 0.4) is 0 Å². The van der Waals surface area contributed by atoms with E-state index in [1.54, 1.807) is 0 Å². The molecular formula is C14H19ClFN3O3. The lowest BCUT2D eigenvalue weighted by atomic mass is 9.92. The molecule has 1 fully saturated rings. The van der Waals surface area contributed by atoms with E-state index >= 15 is 0 Å². The summed E-state index contributed by atoms with van der Waals surface area (Å²) in [7, 11) is 0. The molecule has 1 amide bonds. The van der Waals surface area contributed by atoms with Gasteiger partial charge < -0.3 is 10.6 Å². The van der Waals surface area contributed by atoms with Crippen molar-refractivity contribution in [2.45, 2.75) is 25.8 Å². The zero-order chi connectivity index (χ0) is 15.4. The largest absolute Gasteiger partial charge is 0.349 e. The van der Waals surface area contributed by atoms with Crippen LogP contribution in [0.5, 0.6) is 0 Å². The predicted octanol–water partition coefficient (Wildman–Crippen LogP) is 2.27. The van der Waals surface area contributed by atoms with Gasteiger partial charge in [0.05, 0.1) is 11.0 Å². The highest BCUT2D eigenvalue weighted by atomic mass is 35.5. The average Bonchev–Trinajstić information content (AvgIpc) is 2.47. The van der Waals surface area contributed by atoms with Crippen LogP contribution in [0.2, 0.25) is 0 Å². The summed E-state index contributed by atoms with van der Waals surface area (Å²) in [4.78, 5) is 22.1. The van der Waals surface area contributed by atoms with Gasteiger partial charge in [0, 0.05) is 17.7 Å². The highest BCUT2D eigenvalue weighted by Crippen LogP contribution is 2.18. The zero-order valence-corrected chi connectivity index (χ0v) is 13.0. The van der Waals surface area contributed by atoms with Crippen LogP contribution >= 0.6 is 12.4 Å². The van der Waals surface area contributed by atoms with Crippen LogP contribution in [0.1, 0.15) is 30.1 Å². The highest BCUT2D eigenvalue weighted by Gasteiger charge is 2.22. The van der Waals surface area contributed by atoms with Crippen molar-refractivity contribution in [3.63, 3.8) is 0 Å². The van der Waals surface area contributed by atoms with Crippen LogP contribution in [-0.4, -0.2) is 30.0 Å². The highest BCUT2D eigenvalue weighted by molar-refractivity contribution is 5.95. The first-order valence-electron chi connectivity index (χ1n) is 6.94. The van der Waals surface area contributed by atoms with E-state index in [0.717, 1.165) is 44.1 Å². The van der Waals surface area contributed by atoms with E-state index in [-0.39, 0.29) is 24.0 Å². The second kappa shape index (κ2) is 8.05. The van der Waals surface area contributed by atoms with E-state index in [0.29, 0.717) is 5.92 Å². The molecule has 1 aromatic carbocycles. The molecule has 1 aliphatic heterocycles. The molecule has 0 radical (unpaired) electrons. The van der Waals surface area contributed by atoms with Crippen molar-refractivity contribution >= 4 is 24.0 Å². The van der Waals surface area contributed by atoms with Crippen molar-refractivity contribution in [3.05, 3.63) is 39.7 Å². The lowest BCUT2D eigenvalue weighted by Crippen LogP contribution is -2.44. The summed E-state index contributed by atoms with van der Waals surface area (Å²) in [5.74, 6) is -0.969. The van der Waals surface area contributed by atoms with Crippen LogP contribution in [0, 0.1) is 21.8 Å². The van der Waals surface area contributed by atoms with E-state index in [9.17, 15) is 19.3 Å². The van der Waals surface area contributed by atoms with Crippen LogP contribution in [-0.2, 0) is 0 Å². The molecule has 1 aliphatic rings. The van der Waals surface area contributed by atoms with Crippen molar-refractivity contribution in [2.75, 3.05) is 13.1 Å². The Morgan fingerprint density at radius 2 is 2.23 bits per heavy atom. The third-order valence-corrected chi connectivity index (χ3v) is 3.76. The summed E-state index contributed by atoms with van der Waals surface area (Å²) in [5, 5.41) is 16.7. The summed E-state index contributed by atoms with van der Waals surface area (Å²) >= 11 is 0. The number of halogens is 2. The first-order chi connectivity index (χ1) is 9.97. The van der Waals surface area contributed by atoms with E-state index in [1.807, 2.05) is 6.92 Å². The Kier molecular flexibility index (Phi) is 6.70. The number of carbonyl (C=O) groups excluding carboxylic acids is 1. The quantitative estimate of drug-likeness (QED) is 0.655. The molecule has 0 bridgehead atoms. The molecule has 22 heavy (non-hydrogen) atoms. The minimum Gasteiger partial charge on any atom is -0.349 e. The number of nitrogens with one attached hydrogen (secondary N) is 2. The first-order valence-corrected chi connectivity index (χ1v) is 6.94. The van der Waals surface area contributed by atoms with Gasteiger partial charge in [-0.05, 0) is 44.8 Å². The number of carbonyl (C=O) groups is 1. The number of nitro groups is 1. The molecule has 1 aromatic rings. The monoisotopic (exact) mass is 331 g/mol. The lowest BCUT2D eigenvalue weighted by molar-refractivity contribution is -0.385. The fraction of sp³-hybridized carbons (Fsp3) is 0.500. The van der Waals surface area contributed by atoms with Gasteiger partial charge in [0.1, 0.15) is 5.82 Å². The number of benzene rings is 1. The van der Waals surface area contributed by atoms with Gasteiger partial charge in [-0.3, -0.25) is 14.9 Å². The van der Waals surface area contributed by atoms with Gasteiger partial charge in [-0.2, -0.15) is 0 Å².